The first-order valence-electron chi connectivity index (χ1n) is 44.4. The zero-order valence-electron chi connectivity index (χ0n) is 75.5. The number of methoxy groups -OCH3 is 3. The minimum absolute atomic E-state index is 0.0120. The van der Waals surface area contributed by atoms with Crippen molar-refractivity contribution in [3.63, 3.8) is 0 Å². The van der Waals surface area contributed by atoms with Crippen LogP contribution in [0.2, 0.25) is 0 Å². The summed E-state index contributed by atoms with van der Waals surface area (Å²) in [4.78, 5) is 133. The number of hydrogen-bond acceptors (Lipinski definition) is 19. The molecule has 0 aliphatic heterocycles. The number of aryl methyl sites for hydroxylation is 2. The van der Waals surface area contributed by atoms with E-state index in [0.717, 1.165) is 135 Å². The highest BCUT2D eigenvalue weighted by molar-refractivity contribution is 9.10. The van der Waals surface area contributed by atoms with Crippen LogP contribution in [0.25, 0.3) is 153 Å². The molecule has 23 aromatic rings. The second-order valence-electron chi connectivity index (χ2n) is 32.5. The zero-order chi connectivity index (χ0) is 96.5. The highest BCUT2D eigenvalue weighted by Crippen LogP contribution is 2.39. The standard InChI is InChI=1S/C25H23N3O2.C22H17N3O4.C22H17N3O2.C17H15N3O.C14H9N3O3.C8H5BrN2O/c1-3-14-28-21-7-5-4-6-19(21)23-22(28)13-12-20-24(23)26-16-27(25(20)29)15-17-8-10-18(30-2)11-9-17;1-29-16-11-9-15(10-12-16)13-24-14-23-21-18(6-4-7-19(21)22(24)26)17-5-2-3-8-20(17)25(27)28;1-27-15-8-6-14(7-9-15)12-25-13-23-21-17(22(25)26)10-11-19-20(21)16-4-2-3-5-18(16)24-19;1-2-9-20-13-6-4-3-5-11(13)15-14(20)8-7-12-16(15)18-10-19-17(12)21;18-14-11-6-3-5-10(13(11)15-8-16-14)9-4-1-2-7-12(9)17(19)20;9-6-3-1-2-5-7(6)10-4-11-8(5)12/h4-13,16H,3,14-15H2,1-2H3;2-12,14H,13H2,1H3;2-11,13,24H,12H2,1H3;3-8,10H,2,9H2,1H3,(H,18,19,21);1-8H,(H,15,16,18);1-4H,(H,10,11,12). The molecule has 0 bridgehead atoms. The monoisotopic (exact) mass is 1910 g/mol. The molecule has 0 aliphatic carbocycles. The van der Waals surface area contributed by atoms with Crippen LogP contribution in [0.15, 0.2) is 356 Å². The molecule has 9 heterocycles. The zero-order valence-corrected chi connectivity index (χ0v) is 77.1. The molecule has 31 heteroatoms. The van der Waals surface area contributed by atoms with Gasteiger partial charge in [0, 0.05) is 95.2 Å². The van der Waals surface area contributed by atoms with Crippen molar-refractivity contribution in [3.05, 3.63) is 427 Å². The molecule has 139 heavy (non-hydrogen) atoms. The number of para-hydroxylation sites is 8. The van der Waals surface area contributed by atoms with Gasteiger partial charge in [0.25, 0.3) is 44.7 Å². The van der Waals surface area contributed by atoms with Crippen molar-refractivity contribution in [1.29, 1.82) is 0 Å². The molecule has 9 aromatic heterocycles. The van der Waals surface area contributed by atoms with Gasteiger partial charge >= 0.3 is 0 Å². The normalized spacial score (nSPS) is 11.2. The van der Waals surface area contributed by atoms with E-state index in [0.29, 0.717) is 90.8 Å². The lowest BCUT2D eigenvalue weighted by Gasteiger charge is -2.10. The smallest absolute Gasteiger partial charge is 0.277 e. The van der Waals surface area contributed by atoms with Gasteiger partial charge < -0.3 is 43.3 Å². The Morgan fingerprint density at radius 2 is 0.655 bits per heavy atom. The maximum Gasteiger partial charge on any atom is 0.277 e. The fourth-order valence-corrected chi connectivity index (χ4v) is 18.0. The molecule has 4 N–H and O–H groups in total. The summed E-state index contributed by atoms with van der Waals surface area (Å²) in [6.45, 7) is 7.55. The molecule has 23 rings (SSSR count). The second-order valence-corrected chi connectivity index (χ2v) is 33.3. The molecular formula is C108H86BrN17O13. The molecule has 30 nitrogen and oxygen atoms in total. The third-order valence-corrected chi connectivity index (χ3v) is 24.7. The van der Waals surface area contributed by atoms with Gasteiger partial charge in [-0.15, -0.1) is 0 Å². The number of nitro benzene ring substituents is 2. The van der Waals surface area contributed by atoms with Gasteiger partial charge in [-0.25, -0.2) is 29.9 Å². The van der Waals surface area contributed by atoms with E-state index in [1.165, 1.54) is 53.0 Å². The highest BCUT2D eigenvalue weighted by Gasteiger charge is 2.23. The van der Waals surface area contributed by atoms with Crippen molar-refractivity contribution in [3.8, 4) is 39.5 Å². The third-order valence-electron chi connectivity index (χ3n) is 24.1. The molecule has 0 saturated heterocycles. The number of ether oxygens (including phenoxy) is 3. The lowest BCUT2D eigenvalue weighted by molar-refractivity contribution is -0.384. The SMILES string of the molecule is CCCn1c2ccccc2c2c3nc[nH]c(=O)c3ccc21.CCCn1c2ccccc2c2c3ncn(Cc4ccc(OC)cc4)c(=O)c3ccc21.COc1ccc(Cn2cnc3c(-c4ccccc4[N+](=O)[O-])cccc3c2=O)cc1.COc1ccc(Cn2cnc3c(ccc4[nH]c5ccccc5c43)c2=O)cc1.O=c1[nH]cnc2c(-c3ccccc3[N+](=O)[O-])cccc12.O=c1[nH]cnc2c(Br)cccc12. The summed E-state index contributed by atoms with van der Waals surface area (Å²) in [5.74, 6) is 2.34. The number of nitrogens with one attached hydrogen (secondary N) is 4. The van der Waals surface area contributed by atoms with Crippen molar-refractivity contribution >= 4 is 158 Å². The van der Waals surface area contributed by atoms with Gasteiger partial charge in [0.15, 0.2) is 0 Å². The number of rotatable bonds is 17. The largest absolute Gasteiger partial charge is 0.497 e. The van der Waals surface area contributed by atoms with Crippen LogP contribution in [0.5, 0.6) is 17.2 Å². The van der Waals surface area contributed by atoms with Gasteiger partial charge in [0.1, 0.15) is 17.2 Å². The summed E-state index contributed by atoms with van der Waals surface area (Å²) in [6, 6.07) is 87.8. The molecule has 0 radical (unpaired) electrons. The van der Waals surface area contributed by atoms with Gasteiger partial charge in [0.05, 0.1) is 176 Å². The number of aromatic nitrogens is 15. The van der Waals surface area contributed by atoms with Gasteiger partial charge in [-0.1, -0.05) is 159 Å². The first-order valence-corrected chi connectivity index (χ1v) is 45.2. The number of H-pyrrole nitrogens is 4. The first kappa shape index (κ1) is 91.5. The molecule has 14 aromatic carbocycles. The predicted molar refractivity (Wildman–Crippen MR) is 549 cm³/mol. The number of nitrogens with zero attached hydrogens (tertiary/aromatic N) is 13. The van der Waals surface area contributed by atoms with E-state index in [4.69, 9.17) is 19.2 Å². The van der Waals surface area contributed by atoms with Crippen LogP contribution in [-0.4, -0.2) is 104 Å². The minimum Gasteiger partial charge on any atom is -0.497 e. The molecule has 688 valence electrons. The predicted octanol–water partition coefficient (Wildman–Crippen LogP) is 20.7. The molecule has 0 saturated carbocycles. The van der Waals surface area contributed by atoms with E-state index >= 15 is 0 Å². The Balaban J connectivity index is 0.000000113. The summed E-state index contributed by atoms with van der Waals surface area (Å²) in [6.07, 6.45) is 11.1. The first-order chi connectivity index (χ1) is 67.8. The van der Waals surface area contributed by atoms with E-state index in [9.17, 15) is 49.0 Å². The van der Waals surface area contributed by atoms with Crippen LogP contribution >= 0.6 is 15.9 Å². The second kappa shape index (κ2) is 40.4. The van der Waals surface area contributed by atoms with Crippen LogP contribution in [0.1, 0.15) is 43.4 Å². The average Bonchev–Trinajstić information content (AvgIpc) is 1.58. The number of nitro groups is 2. The van der Waals surface area contributed by atoms with E-state index in [1.54, 1.807) is 122 Å². The van der Waals surface area contributed by atoms with Crippen LogP contribution in [0.3, 0.4) is 0 Å². The number of aromatic amines is 4. The maximum absolute atomic E-state index is 13.3. The molecule has 0 spiro atoms. The molecule has 0 fully saturated rings. The van der Waals surface area contributed by atoms with Crippen molar-refractivity contribution in [1.82, 2.24) is 72.7 Å². The van der Waals surface area contributed by atoms with Crippen LogP contribution < -0.4 is 47.6 Å². The lowest BCUT2D eigenvalue weighted by atomic mass is 10.0. The topological polar surface area (TPSA) is 382 Å². The van der Waals surface area contributed by atoms with Crippen molar-refractivity contribution in [2.75, 3.05) is 21.3 Å². The Labute approximate surface area is 796 Å². The summed E-state index contributed by atoms with van der Waals surface area (Å²) < 4.78 is 25.9. The van der Waals surface area contributed by atoms with Crippen molar-refractivity contribution in [2.24, 2.45) is 0 Å². The molecule has 0 aliphatic rings. The fourth-order valence-electron chi connectivity index (χ4n) is 17.6. The summed E-state index contributed by atoms with van der Waals surface area (Å²) in [7, 11) is 4.88. The maximum atomic E-state index is 13.3. The fraction of sp³-hybridized carbons (Fsp3) is 0.111. The number of hydrogen-bond donors (Lipinski definition) is 4. The number of benzene rings is 14. The minimum atomic E-state index is -0.443. The highest BCUT2D eigenvalue weighted by atomic mass is 79.9. The van der Waals surface area contributed by atoms with E-state index in [1.807, 2.05) is 146 Å². The summed E-state index contributed by atoms with van der Waals surface area (Å²) in [5, 5.41) is 32.4. The molecular weight excluding hydrogens is 1820 g/mol. The van der Waals surface area contributed by atoms with Crippen LogP contribution in [-0.2, 0) is 32.7 Å². The van der Waals surface area contributed by atoms with E-state index < -0.39 is 9.85 Å². The number of fused-ring (bicyclic) bond motifs is 18. The molecule has 0 unspecified atom stereocenters. The third kappa shape index (κ3) is 18.4. The lowest BCUT2D eigenvalue weighted by Crippen LogP contribution is -2.21. The van der Waals surface area contributed by atoms with Gasteiger partial charge in [-0.05, 0) is 173 Å². The molecule has 0 amide bonds. The Kier molecular flexibility index (Phi) is 26.6. The van der Waals surface area contributed by atoms with Gasteiger partial charge in [-0.2, -0.15) is 0 Å². The van der Waals surface area contributed by atoms with E-state index in [2.05, 4.69) is 132 Å². The Morgan fingerprint density at radius 1 is 0.317 bits per heavy atom. The summed E-state index contributed by atoms with van der Waals surface area (Å²) in [5.41, 5.74) is 14.8. The summed E-state index contributed by atoms with van der Waals surface area (Å²) >= 11 is 3.32. The van der Waals surface area contributed by atoms with Crippen LogP contribution in [0.4, 0.5) is 11.4 Å². The van der Waals surface area contributed by atoms with Gasteiger partial charge in [0.2, 0.25) is 0 Å². The van der Waals surface area contributed by atoms with E-state index in [-0.39, 0.29) is 44.7 Å². The van der Waals surface area contributed by atoms with Crippen molar-refractivity contribution in [2.45, 2.75) is 59.4 Å². The Bertz CT molecular complexity index is 9060. The van der Waals surface area contributed by atoms with Gasteiger partial charge in [-0.3, -0.25) is 62.7 Å². The quantitative estimate of drug-likeness (QED) is 0.0486. The van der Waals surface area contributed by atoms with Crippen molar-refractivity contribution < 1.29 is 24.1 Å². The average molecular weight is 1910 g/mol. The Hall–Kier alpha value is -18.0. The molecule has 0 atom stereocenters. The van der Waals surface area contributed by atoms with Crippen LogP contribution in [0, 0.1) is 20.2 Å². The Morgan fingerprint density at radius 3 is 1.11 bits per heavy atom. The number of halogens is 1.